The number of likely N-dealkylation sites (N-methyl/N-ethyl adjacent to an activating group) is 1. The second-order valence-corrected chi connectivity index (χ2v) is 3.48. The van der Waals surface area contributed by atoms with Gasteiger partial charge in [-0.05, 0) is 13.6 Å². The molecule has 1 amide bonds. The van der Waals surface area contributed by atoms with Gasteiger partial charge in [0.05, 0.1) is 0 Å². The Balaban J connectivity index is 3.24. The van der Waals surface area contributed by atoms with E-state index in [9.17, 15) is 4.79 Å². The summed E-state index contributed by atoms with van der Waals surface area (Å²) in [5, 5.41) is 3.58. The van der Waals surface area contributed by atoms with Gasteiger partial charge in [-0.1, -0.05) is 22.9 Å². The summed E-state index contributed by atoms with van der Waals surface area (Å²) < 4.78 is 0. The Morgan fingerprint density at radius 3 is 2.75 bits per heavy atom. The number of hydrogen-bond donors (Lipinski definition) is 1. The highest BCUT2D eigenvalue weighted by Gasteiger charge is 1.99. The van der Waals surface area contributed by atoms with Crippen LogP contribution >= 0.6 is 15.9 Å². The van der Waals surface area contributed by atoms with Gasteiger partial charge in [0.1, 0.15) is 0 Å². The molecule has 0 unspecified atom stereocenters. The molecule has 0 aliphatic carbocycles. The molecule has 0 saturated heterocycles. The first kappa shape index (κ1) is 11.9. The molecular weight excluding hydrogens is 220 g/mol. The van der Waals surface area contributed by atoms with Crippen molar-refractivity contribution in [1.82, 2.24) is 10.2 Å². The number of hydrogen-bond acceptors (Lipinski definition) is 2. The zero-order valence-corrected chi connectivity index (χ0v) is 9.35. The van der Waals surface area contributed by atoms with Crippen LogP contribution in [0.2, 0.25) is 0 Å². The van der Waals surface area contributed by atoms with E-state index in [2.05, 4.69) is 33.1 Å². The lowest BCUT2D eigenvalue weighted by atomic mass is 10.4. The second kappa shape index (κ2) is 7.55. The molecule has 4 heteroatoms. The number of amides is 1. The Morgan fingerprint density at radius 1 is 1.58 bits per heavy atom. The molecule has 72 valence electrons. The average molecular weight is 237 g/mol. The molecule has 0 spiro atoms. The third-order valence-electron chi connectivity index (χ3n) is 1.68. The number of nitrogens with one attached hydrogen (secondary N) is 1. The Hall–Kier alpha value is -0.0900. The molecule has 0 heterocycles. The van der Waals surface area contributed by atoms with Crippen molar-refractivity contribution in [3.05, 3.63) is 0 Å². The van der Waals surface area contributed by atoms with Crippen molar-refractivity contribution in [3.63, 3.8) is 0 Å². The van der Waals surface area contributed by atoms with E-state index in [1.165, 1.54) is 0 Å². The summed E-state index contributed by atoms with van der Waals surface area (Å²) in [6.07, 6.45) is 0.565. The zero-order valence-electron chi connectivity index (χ0n) is 7.77. The molecule has 0 saturated carbocycles. The van der Waals surface area contributed by atoms with Crippen molar-refractivity contribution in [2.24, 2.45) is 0 Å². The first-order chi connectivity index (χ1) is 5.70. The largest absolute Gasteiger partial charge is 0.355 e. The Kier molecular flexibility index (Phi) is 7.50. The third-order valence-corrected chi connectivity index (χ3v) is 2.07. The van der Waals surface area contributed by atoms with Crippen LogP contribution in [0.4, 0.5) is 0 Å². The zero-order chi connectivity index (χ0) is 9.40. The molecule has 12 heavy (non-hydrogen) atoms. The van der Waals surface area contributed by atoms with Gasteiger partial charge in [-0.15, -0.1) is 0 Å². The predicted molar refractivity (Wildman–Crippen MR) is 54.6 cm³/mol. The Labute approximate surface area is 82.6 Å². The highest BCUT2D eigenvalue weighted by Crippen LogP contribution is 1.86. The monoisotopic (exact) mass is 236 g/mol. The van der Waals surface area contributed by atoms with Crippen molar-refractivity contribution >= 4 is 21.8 Å². The Bertz CT molecular complexity index is 130. The van der Waals surface area contributed by atoms with Crippen molar-refractivity contribution in [2.75, 3.05) is 32.0 Å². The third kappa shape index (κ3) is 6.61. The van der Waals surface area contributed by atoms with E-state index in [-0.39, 0.29) is 5.91 Å². The van der Waals surface area contributed by atoms with Gasteiger partial charge >= 0.3 is 0 Å². The standard InChI is InChI=1S/C8H17BrN2O/c1-3-11(2)7-6-10-8(12)4-5-9/h3-7H2,1-2H3,(H,10,12). The molecular formula is C8H17BrN2O. The first-order valence-corrected chi connectivity index (χ1v) is 5.34. The van der Waals surface area contributed by atoms with E-state index < -0.39 is 0 Å². The number of alkyl halides is 1. The summed E-state index contributed by atoms with van der Waals surface area (Å²) in [5.74, 6) is 0.122. The molecule has 0 fully saturated rings. The van der Waals surface area contributed by atoms with Crippen LogP contribution in [0.1, 0.15) is 13.3 Å². The minimum atomic E-state index is 0.122. The maximum atomic E-state index is 11.0. The summed E-state index contributed by atoms with van der Waals surface area (Å²) in [6.45, 7) is 4.79. The maximum Gasteiger partial charge on any atom is 0.220 e. The van der Waals surface area contributed by atoms with Gasteiger partial charge in [-0.2, -0.15) is 0 Å². The maximum absolute atomic E-state index is 11.0. The molecule has 1 N–H and O–H groups in total. The van der Waals surface area contributed by atoms with Crippen LogP contribution in [-0.4, -0.2) is 42.8 Å². The fourth-order valence-corrected chi connectivity index (χ4v) is 1.08. The average Bonchev–Trinajstić information content (AvgIpc) is 2.04. The Morgan fingerprint density at radius 2 is 2.25 bits per heavy atom. The van der Waals surface area contributed by atoms with Gasteiger partial charge in [0.25, 0.3) is 0 Å². The van der Waals surface area contributed by atoms with E-state index in [0.29, 0.717) is 6.42 Å². The first-order valence-electron chi connectivity index (χ1n) is 4.22. The van der Waals surface area contributed by atoms with Crippen molar-refractivity contribution in [3.8, 4) is 0 Å². The van der Waals surface area contributed by atoms with E-state index >= 15 is 0 Å². The summed E-state index contributed by atoms with van der Waals surface area (Å²) in [5.41, 5.74) is 0. The molecule has 0 aromatic carbocycles. The number of halogens is 1. The molecule has 0 aromatic heterocycles. The lowest BCUT2D eigenvalue weighted by molar-refractivity contribution is -0.120. The van der Waals surface area contributed by atoms with Crippen LogP contribution in [0.15, 0.2) is 0 Å². The SMILES string of the molecule is CCN(C)CCNC(=O)CCBr. The molecule has 0 atom stereocenters. The minimum Gasteiger partial charge on any atom is -0.355 e. The highest BCUT2D eigenvalue weighted by molar-refractivity contribution is 9.09. The van der Waals surface area contributed by atoms with Gasteiger partial charge in [0.2, 0.25) is 5.91 Å². The summed E-state index contributed by atoms with van der Waals surface area (Å²) in [4.78, 5) is 13.1. The number of rotatable bonds is 6. The smallest absolute Gasteiger partial charge is 0.220 e. The topological polar surface area (TPSA) is 32.3 Å². The predicted octanol–water partition coefficient (Wildman–Crippen LogP) is 0.839. The minimum absolute atomic E-state index is 0.122. The van der Waals surface area contributed by atoms with E-state index in [0.717, 1.165) is 25.0 Å². The molecule has 3 nitrogen and oxygen atoms in total. The van der Waals surface area contributed by atoms with Gasteiger partial charge in [-0.25, -0.2) is 0 Å². The quantitative estimate of drug-likeness (QED) is 0.694. The van der Waals surface area contributed by atoms with Crippen LogP contribution in [0, 0.1) is 0 Å². The lowest BCUT2D eigenvalue weighted by Crippen LogP contribution is -2.32. The molecule has 0 bridgehead atoms. The summed E-state index contributed by atoms with van der Waals surface area (Å²) in [7, 11) is 2.04. The van der Waals surface area contributed by atoms with Crippen molar-refractivity contribution in [2.45, 2.75) is 13.3 Å². The molecule has 0 aliphatic rings. The van der Waals surface area contributed by atoms with Crippen LogP contribution in [0.5, 0.6) is 0 Å². The highest BCUT2D eigenvalue weighted by atomic mass is 79.9. The van der Waals surface area contributed by atoms with Gasteiger partial charge in [0, 0.05) is 24.8 Å². The fourth-order valence-electron chi connectivity index (χ4n) is 0.719. The second-order valence-electron chi connectivity index (χ2n) is 2.68. The summed E-state index contributed by atoms with van der Waals surface area (Å²) >= 11 is 3.21. The van der Waals surface area contributed by atoms with Crippen LogP contribution in [-0.2, 0) is 4.79 Å². The van der Waals surface area contributed by atoms with E-state index in [1.54, 1.807) is 0 Å². The number of nitrogens with zero attached hydrogens (tertiary/aromatic N) is 1. The fraction of sp³-hybridized carbons (Fsp3) is 0.875. The molecule has 0 rings (SSSR count). The van der Waals surface area contributed by atoms with Crippen molar-refractivity contribution < 1.29 is 4.79 Å². The van der Waals surface area contributed by atoms with E-state index in [1.807, 2.05) is 7.05 Å². The van der Waals surface area contributed by atoms with Gasteiger partial charge < -0.3 is 10.2 Å². The van der Waals surface area contributed by atoms with Crippen LogP contribution in [0.3, 0.4) is 0 Å². The number of carbonyl (C=O) groups excluding carboxylic acids is 1. The normalized spacial score (nSPS) is 10.3. The van der Waals surface area contributed by atoms with Crippen LogP contribution < -0.4 is 5.32 Å². The summed E-state index contributed by atoms with van der Waals surface area (Å²) in [6, 6.07) is 0. The lowest BCUT2D eigenvalue weighted by Gasteiger charge is -2.13. The molecule has 0 aromatic rings. The van der Waals surface area contributed by atoms with Crippen molar-refractivity contribution in [1.29, 1.82) is 0 Å². The van der Waals surface area contributed by atoms with Gasteiger partial charge in [-0.3, -0.25) is 4.79 Å². The molecule has 0 aliphatic heterocycles. The van der Waals surface area contributed by atoms with Crippen LogP contribution in [0.25, 0.3) is 0 Å². The molecule has 0 radical (unpaired) electrons. The van der Waals surface area contributed by atoms with Gasteiger partial charge in [0.15, 0.2) is 0 Å². The number of carbonyl (C=O) groups is 1. The van der Waals surface area contributed by atoms with E-state index in [4.69, 9.17) is 0 Å².